The fourth-order valence-corrected chi connectivity index (χ4v) is 2.78. The van der Waals surface area contributed by atoms with E-state index in [0.717, 1.165) is 12.1 Å². The number of methoxy groups -OCH3 is 2. The molecule has 2 aromatic carbocycles. The number of anilines is 3. The Hall–Kier alpha value is -3.56. The summed E-state index contributed by atoms with van der Waals surface area (Å²) in [5.74, 6) is 0.331. The number of rotatable bonds is 5. The molecule has 0 fully saturated rings. The summed E-state index contributed by atoms with van der Waals surface area (Å²) in [6, 6.07) is 7.18. The van der Waals surface area contributed by atoms with Crippen molar-refractivity contribution in [2.45, 2.75) is 13.1 Å². The van der Waals surface area contributed by atoms with E-state index >= 15 is 0 Å². The second kappa shape index (κ2) is 8.05. The molecule has 0 aliphatic carbocycles. The number of benzene rings is 2. The van der Waals surface area contributed by atoms with Crippen molar-refractivity contribution in [1.82, 2.24) is 9.97 Å². The van der Waals surface area contributed by atoms with Crippen LogP contribution in [0.1, 0.15) is 11.4 Å². The molecule has 30 heavy (non-hydrogen) atoms. The van der Waals surface area contributed by atoms with Crippen molar-refractivity contribution >= 4 is 17.2 Å². The summed E-state index contributed by atoms with van der Waals surface area (Å²) < 4.78 is 63.4. The molecular formula is C20H18F4N4O2. The lowest BCUT2D eigenvalue weighted by Gasteiger charge is -2.15. The smallest absolute Gasteiger partial charge is 0.416 e. The SMILES string of the molecule is COc1cc(Nc2nc(C)nc(-c3ccc(C(F)(F)F)cc3F)c2N)cc(OC)c1. The number of hydrogen-bond acceptors (Lipinski definition) is 6. The number of aromatic nitrogens is 2. The molecule has 0 aliphatic heterocycles. The number of nitrogens with zero attached hydrogens (tertiary/aromatic N) is 2. The number of nitrogens with two attached hydrogens (primary N) is 1. The van der Waals surface area contributed by atoms with E-state index in [9.17, 15) is 17.6 Å². The number of aryl methyl sites for hydroxylation is 1. The minimum atomic E-state index is -4.66. The van der Waals surface area contributed by atoms with Gasteiger partial charge in [0.1, 0.15) is 34.5 Å². The molecule has 0 atom stereocenters. The summed E-state index contributed by atoms with van der Waals surface area (Å²) in [7, 11) is 2.99. The van der Waals surface area contributed by atoms with Crippen LogP contribution in [0, 0.1) is 12.7 Å². The first-order chi connectivity index (χ1) is 14.1. The van der Waals surface area contributed by atoms with Gasteiger partial charge >= 0.3 is 6.18 Å². The van der Waals surface area contributed by atoms with E-state index in [2.05, 4.69) is 15.3 Å². The van der Waals surface area contributed by atoms with E-state index in [4.69, 9.17) is 15.2 Å². The zero-order valence-electron chi connectivity index (χ0n) is 16.3. The van der Waals surface area contributed by atoms with Gasteiger partial charge in [-0.1, -0.05) is 0 Å². The Bertz CT molecular complexity index is 1060. The number of nitrogens with one attached hydrogen (secondary N) is 1. The minimum absolute atomic E-state index is 0.0221. The molecule has 0 radical (unpaired) electrons. The number of nitrogen functional groups attached to an aromatic ring is 1. The van der Waals surface area contributed by atoms with Crippen LogP contribution in [-0.4, -0.2) is 24.2 Å². The van der Waals surface area contributed by atoms with E-state index in [0.29, 0.717) is 23.3 Å². The second-order valence-corrected chi connectivity index (χ2v) is 6.30. The average Bonchev–Trinajstić information content (AvgIpc) is 2.69. The van der Waals surface area contributed by atoms with Crippen molar-refractivity contribution in [3.8, 4) is 22.8 Å². The van der Waals surface area contributed by atoms with Gasteiger partial charge in [0.15, 0.2) is 5.82 Å². The monoisotopic (exact) mass is 422 g/mol. The summed E-state index contributed by atoms with van der Waals surface area (Å²) in [6.07, 6.45) is -4.66. The molecule has 6 nitrogen and oxygen atoms in total. The predicted octanol–water partition coefficient (Wildman–Crippen LogP) is 4.95. The van der Waals surface area contributed by atoms with Crippen LogP contribution in [0.5, 0.6) is 11.5 Å². The quantitative estimate of drug-likeness (QED) is 0.566. The van der Waals surface area contributed by atoms with E-state index in [1.54, 1.807) is 25.1 Å². The number of ether oxygens (including phenoxy) is 2. The fraction of sp³-hybridized carbons (Fsp3) is 0.200. The lowest BCUT2D eigenvalue weighted by Crippen LogP contribution is -2.08. The summed E-state index contributed by atoms with van der Waals surface area (Å²) >= 11 is 0. The Labute approximate surface area is 169 Å². The third kappa shape index (κ3) is 4.37. The Morgan fingerprint density at radius 3 is 2.13 bits per heavy atom. The first-order valence-corrected chi connectivity index (χ1v) is 8.63. The molecule has 3 rings (SSSR count). The van der Waals surface area contributed by atoms with Crippen molar-refractivity contribution in [2.75, 3.05) is 25.3 Å². The number of alkyl halides is 3. The topological polar surface area (TPSA) is 82.3 Å². The molecule has 0 saturated carbocycles. The van der Waals surface area contributed by atoms with Crippen LogP contribution in [0.3, 0.4) is 0 Å². The molecule has 1 aromatic heterocycles. The van der Waals surface area contributed by atoms with Gasteiger partial charge in [0.05, 0.1) is 19.8 Å². The van der Waals surface area contributed by atoms with Gasteiger partial charge in [0.25, 0.3) is 0 Å². The summed E-state index contributed by atoms with van der Waals surface area (Å²) in [5.41, 5.74) is 5.33. The molecule has 10 heteroatoms. The van der Waals surface area contributed by atoms with Gasteiger partial charge in [0.2, 0.25) is 0 Å². The molecule has 3 N–H and O–H groups in total. The minimum Gasteiger partial charge on any atom is -0.497 e. The third-order valence-corrected chi connectivity index (χ3v) is 4.22. The average molecular weight is 422 g/mol. The molecule has 3 aromatic rings. The van der Waals surface area contributed by atoms with Crippen LogP contribution >= 0.6 is 0 Å². The Morgan fingerprint density at radius 1 is 0.967 bits per heavy atom. The van der Waals surface area contributed by atoms with Crippen LogP contribution in [0.25, 0.3) is 11.3 Å². The first-order valence-electron chi connectivity index (χ1n) is 8.63. The summed E-state index contributed by atoms with van der Waals surface area (Å²) in [6.45, 7) is 1.56. The van der Waals surface area contributed by atoms with E-state index in [1.165, 1.54) is 14.2 Å². The van der Waals surface area contributed by atoms with Crippen LogP contribution in [0.15, 0.2) is 36.4 Å². The summed E-state index contributed by atoms with van der Waals surface area (Å²) in [4.78, 5) is 8.34. The second-order valence-electron chi connectivity index (χ2n) is 6.30. The van der Waals surface area contributed by atoms with Gasteiger partial charge in [-0.25, -0.2) is 14.4 Å². The molecule has 0 aliphatic rings. The van der Waals surface area contributed by atoms with Gasteiger partial charge in [-0.3, -0.25) is 0 Å². The lowest BCUT2D eigenvalue weighted by molar-refractivity contribution is -0.137. The van der Waals surface area contributed by atoms with Gasteiger partial charge in [0, 0.05) is 29.4 Å². The van der Waals surface area contributed by atoms with Crippen LogP contribution < -0.4 is 20.5 Å². The van der Waals surface area contributed by atoms with E-state index in [1.807, 2.05) is 0 Å². The molecule has 0 amide bonds. The Kier molecular flexibility index (Phi) is 5.68. The molecule has 0 spiro atoms. The van der Waals surface area contributed by atoms with E-state index < -0.39 is 17.6 Å². The maximum Gasteiger partial charge on any atom is 0.416 e. The molecule has 1 heterocycles. The van der Waals surface area contributed by atoms with E-state index in [-0.39, 0.29) is 28.6 Å². The van der Waals surface area contributed by atoms with Crippen molar-refractivity contribution in [2.24, 2.45) is 0 Å². The highest BCUT2D eigenvalue weighted by Crippen LogP contribution is 2.36. The summed E-state index contributed by atoms with van der Waals surface area (Å²) in [5, 5.41) is 2.99. The Morgan fingerprint density at radius 2 is 1.60 bits per heavy atom. The number of halogens is 4. The van der Waals surface area contributed by atoms with Crippen molar-refractivity contribution in [1.29, 1.82) is 0 Å². The van der Waals surface area contributed by atoms with Gasteiger partial charge in [-0.05, 0) is 25.1 Å². The fourth-order valence-electron chi connectivity index (χ4n) is 2.78. The maximum absolute atomic E-state index is 14.5. The highest BCUT2D eigenvalue weighted by atomic mass is 19.4. The largest absolute Gasteiger partial charge is 0.497 e. The molecule has 0 bridgehead atoms. The van der Waals surface area contributed by atoms with Crippen LogP contribution in [0.2, 0.25) is 0 Å². The van der Waals surface area contributed by atoms with Crippen LogP contribution in [-0.2, 0) is 6.18 Å². The molecule has 0 saturated heterocycles. The zero-order chi connectivity index (χ0) is 22.1. The maximum atomic E-state index is 14.5. The van der Waals surface area contributed by atoms with Crippen LogP contribution in [0.4, 0.5) is 34.8 Å². The standard InChI is InChI=1S/C20H18F4N4O2/c1-10-26-18(15-5-4-11(6-16(15)21)20(22,23)24)17(25)19(27-10)28-12-7-13(29-2)9-14(8-12)30-3/h4-9H,25H2,1-3H3,(H,26,27,28). The first kappa shape index (κ1) is 21.2. The Balaban J connectivity index is 2.05. The van der Waals surface area contributed by atoms with Gasteiger partial charge < -0.3 is 20.5 Å². The third-order valence-electron chi connectivity index (χ3n) is 4.22. The van der Waals surface area contributed by atoms with Gasteiger partial charge in [-0.2, -0.15) is 13.2 Å². The highest BCUT2D eigenvalue weighted by Gasteiger charge is 2.31. The lowest BCUT2D eigenvalue weighted by atomic mass is 10.1. The zero-order valence-corrected chi connectivity index (χ0v) is 16.3. The molecule has 158 valence electrons. The van der Waals surface area contributed by atoms with Crippen molar-refractivity contribution in [3.05, 3.63) is 53.6 Å². The normalized spacial score (nSPS) is 11.3. The molecule has 0 unspecified atom stereocenters. The highest BCUT2D eigenvalue weighted by molar-refractivity contribution is 5.83. The van der Waals surface area contributed by atoms with Gasteiger partial charge in [-0.15, -0.1) is 0 Å². The van der Waals surface area contributed by atoms with Crippen molar-refractivity contribution in [3.63, 3.8) is 0 Å². The van der Waals surface area contributed by atoms with Crippen molar-refractivity contribution < 1.29 is 27.0 Å². The predicted molar refractivity (Wildman–Crippen MR) is 104 cm³/mol. The molecular weight excluding hydrogens is 404 g/mol. The number of hydrogen-bond donors (Lipinski definition) is 2.